The van der Waals surface area contributed by atoms with Gasteiger partial charge in [-0.05, 0) is 30.3 Å². The maximum Gasteiger partial charge on any atom is 0.225 e. The van der Waals surface area contributed by atoms with E-state index in [2.05, 4.69) is 26.2 Å². The van der Waals surface area contributed by atoms with Gasteiger partial charge in [-0.25, -0.2) is 4.98 Å². The highest BCUT2D eigenvalue weighted by Gasteiger charge is 2.07. The fraction of sp³-hybridized carbons (Fsp3) is 0.111. The van der Waals surface area contributed by atoms with Crippen molar-refractivity contribution in [1.82, 2.24) is 4.98 Å². The first kappa shape index (κ1) is 18.5. The number of hydrogen-bond donors (Lipinski definition) is 1. The third-order valence-corrected chi connectivity index (χ3v) is 6.07. The van der Waals surface area contributed by atoms with Crippen LogP contribution < -0.4 is 5.32 Å². The number of rotatable bonds is 6. The van der Waals surface area contributed by atoms with Crippen LogP contribution >= 0.6 is 50.6 Å². The summed E-state index contributed by atoms with van der Waals surface area (Å²) in [6, 6.07) is 15.2. The topological polar surface area (TPSA) is 42.0 Å². The Bertz CT molecular complexity index is 868. The minimum atomic E-state index is -0.0283. The van der Waals surface area contributed by atoms with Crippen LogP contribution in [0.5, 0.6) is 0 Å². The third kappa shape index (κ3) is 5.57. The zero-order valence-electron chi connectivity index (χ0n) is 13.0. The van der Waals surface area contributed by atoms with Crippen LogP contribution in [-0.4, -0.2) is 16.6 Å². The lowest BCUT2D eigenvalue weighted by Gasteiger charge is -2.04. The molecule has 0 aliphatic heterocycles. The van der Waals surface area contributed by atoms with Crippen molar-refractivity contribution in [2.45, 2.75) is 10.8 Å². The van der Waals surface area contributed by atoms with Gasteiger partial charge in [0.05, 0.1) is 5.69 Å². The monoisotopic (exact) mass is 452 g/mol. The second-order valence-corrected chi connectivity index (χ2v) is 8.71. The average molecular weight is 454 g/mol. The van der Waals surface area contributed by atoms with Gasteiger partial charge >= 0.3 is 0 Å². The van der Waals surface area contributed by atoms with Gasteiger partial charge in [0.25, 0.3) is 0 Å². The van der Waals surface area contributed by atoms with E-state index in [0.29, 0.717) is 22.9 Å². The third-order valence-electron chi connectivity index (χ3n) is 3.29. The average Bonchev–Trinajstić information content (AvgIpc) is 3.04. The number of carbonyl (C=O) groups excluding carboxylic acids is 1. The van der Waals surface area contributed by atoms with Crippen LogP contribution in [0.25, 0.3) is 11.3 Å². The molecule has 0 bridgehead atoms. The van der Waals surface area contributed by atoms with Crippen LogP contribution in [0.15, 0.2) is 62.7 Å². The summed E-state index contributed by atoms with van der Waals surface area (Å²) in [4.78, 5) is 16.6. The minimum absolute atomic E-state index is 0.0283. The number of amides is 1. The molecule has 0 spiro atoms. The fourth-order valence-electron chi connectivity index (χ4n) is 2.10. The van der Waals surface area contributed by atoms with Gasteiger partial charge in [-0.2, -0.15) is 0 Å². The largest absolute Gasteiger partial charge is 0.326 e. The van der Waals surface area contributed by atoms with E-state index in [-0.39, 0.29) is 5.91 Å². The second-order valence-electron chi connectivity index (χ2n) is 5.16. The molecule has 1 N–H and O–H groups in total. The molecule has 0 saturated heterocycles. The van der Waals surface area contributed by atoms with E-state index in [1.54, 1.807) is 35.2 Å². The molecule has 0 saturated carbocycles. The molecular weight excluding hydrogens is 440 g/mol. The van der Waals surface area contributed by atoms with Crippen LogP contribution in [0.4, 0.5) is 5.69 Å². The first-order valence-corrected chi connectivity index (χ1v) is 10.5. The van der Waals surface area contributed by atoms with Gasteiger partial charge < -0.3 is 5.32 Å². The lowest BCUT2D eigenvalue weighted by Crippen LogP contribution is -2.11. The van der Waals surface area contributed by atoms with Crippen LogP contribution in [-0.2, 0) is 4.79 Å². The maximum atomic E-state index is 12.0. The first-order chi connectivity index (χ1) is 12.1. The Balaban J connectivity index is 1.49. The van der Waals surface area contributed by atoms with Crippen LogP contribution in [0, 0.1) is 0 Å². The molecule has 0 aliphatic carbocycles. The first-order valence-electron chi connectivity index (χ1n) is 7.50. The van der Waals surface area contributed by atoms with E-state index in [0.717, 1.165) is 20.1 Å². The predicted molar refractivity (Wildman–Crippen MR) is 111 cm³/mol. The summed E-state index contributed by atoms with van der Waals surface area (Å²) >= 11 is 12.5. The van der Waals surface area contributed by atoms with E-state index in [9.17, 15) is 4.79 Å². The number of anilines is 1. The minimum Gasteiger partial charge on any atom is -0.326 e. The maximum absolute atomic E-state index is 12.0. The van der Waals surface area contributed by atoms with Crippen molar-refractivity contribution in [2.75, 3.05) is 11.1 Å². The molecule has 25 heavy (non-hydrogen) atoms. The zero-order valence-corrected chi connectivity index (χ0v) is 17.0. The van der Waals surface area contributed by atoms with Crippen LogP contribution in [0.3, 0.4) is 0 Å². The number of benzene rings is 2. The zero-order chi connectivity index (χ0) is 17.6. The van der Waals surface area contributed by atoms with Crippen molar-refractivity contribution in [3.63, 3.8) is 0 Å². The van der Waals surface area contributed by atoms with Gasteiger partial charge in [0.15, 0.2) is 4.34 Å². The van der Waals surface area contributed by atoms with Crippen molar-refractivity contribution in [3.05, 3.63) is 63.4 Å². The molecule has 1 amide bonds. The molecular formula is C18H14BrClN2OS2. The van der Waals surface area contributed by atoms with Crippen LogP contribution in [0.2, 0.25) is 5.02 Å². The Labute approximate surface area is 168 Å². The summed E-state index contributed by atoms with van der Waals surface area (Å²) in [5, 5.41) is 5.49. The molecule has 0 fully saturated rings. The lowest BCUT2D eigenvalue weighted by molar-refractivity contribution is -0.115. The number of aromatic nitrogens is 1. The van der Waals surface area contributed by atoms with E-state index < -0.39 is 0 Å². The second kappa shape index (κ2) is 8.85. The van der Waals surface area contributed by atoms with Crippen LogP contribution in [0.1, 0.15) is 6.42 Å². The molecule has 3 rings (SSSR count). The van der Waals surface area contributed by atoms with E-state index >= 15 is 0 Å². The summed E-state index contributed by atoms with van der Waals surface area (Å²) in [5.41, 5.74) is 2.77. The van der Waals surface area contributed by atoms with Crippen molar-refractivity contribution >= 4 is 62.2 Å². The van der Waals surface area contributed by atoms with Crippen molar-refractivity contribution in [3.8, 4) is 11.3 Å². The van der Waals surface area contributed by atoms with E-state index in [1.165, 1.54) is 0 Å². The SMILES string of the molecule is O=C(CCSc1nc(-c2ccc(Br)cc2)cs1)Nc1cccc(Cl)c1. The Hall–Kier alpha value is -1.34. The summed E-state index contributed by atoms with van der Waals surface area (Å²) in [7, 11) is 0. The molecule has 3 aromatic rings. The summed E-state index contributed by atoms with van der Waals surface area (Å²) < 4.78 is 2.01. The number of thiazole rings is 1. The van der Waals surface area contributed by atoms with Gasteiger partial charge in [-0.15, -0.1) is 11.3 Å². The number of halogens is 2. The Morgan fingerprint density at radius 2 is 2.04 bits per heavy atom. The highest BCUT2D eigenvalue weighted by molar-refractivity contribution is 9.10. The molecule has 0 unspecified atom stereocenters. The highest BCUT2D eigenvalue weighted by Crippen LogP contribution is 2.29. The van der Waals surface area contributed by atoms with Gasteiger partial charge in [-0.3, -0.25) is 4.79 Å². The molecule has 128 valence electrons. The Kier molecular flexibility index (Phi) is 6.53. The summed E-state index contributed by atoms with van der Waals surface area (Å²) in [6.07, 6.45) is 0.421. The van der Waals surface area contributed by atoms with E-state index in [1.807, 2.05) is 41.8 Å². The summed E-state index contributed by atoms with van der Waals surface area (Å²) in [5.74, 6) is 0.652. The lowest BCUT2D eigenvalue weighted by atomic mass is 10.2. The van der Waals surface area contributed by atoms with Gasteiger partial charge in [0.1, 0.15) is 0 Å². The number of carbonyl (C=O) groups is 1. The highest BCUT2D eigenvalue weighted by atomic mass is 79.9. The Morgan fingerprint density at radius 1 is 1.24 bits per heavy atom. The quantitative estimate of drug-likeness (QED) is 0.442. The van der Waals surface area contributed by atoms with Gasteiger partial charge in [0.2, 0.25) is 5.91 Å². The number of nitrogens with one attached hydrogen (secondary N) is 1. The molecule has 0 aliphatic rings. The Morgan fingerprint density at radius 3 is 2.80 bits per heavy atom. The van der Waals surface area contributed by atoms with Crippen molar-refractivity contribution in [2.24, 2.45) is 0 Å². The molecule has 2 aromatic carbocycles. The molecule has 0 atom stereocenters. The standard InChI is InChI=1S/C18H14BrClN2OS2/c19-13-6-4-12(5-7-13)16-11-25-18(22-16)24-9-8-17(23)21-15-3-1-2-14(20)10-15/h1-7,10-11H,8-9H2,(H,21,23). The summed E-state index contributed by atoms with van der Waals surface area (Å²) in [6.45, 7) is 0. The molecule has 3 nitrogen and oxygen atoms in total. The fourth-order valence-corrected chi connectivity index (χ4v) is 4.40. The predicted octanol–water partition coefficient (Wildman–Crippen LogP) is 6.35. The molecule has 1 heterocycles. The van der Waals surface area contributed by atoms with Gasteiger partial charge in [0, 0.05) is 38.3 Å². The number of thioether (sulfide) groups is 1. The molecule has 1 aromatic heterocycles. The van der Waals surface area contributed by atoms with E-state index in [4.69, 9.17) is 11.6 Å². The normalized spacial score (nSPS) is 10.6. The smallest absolute Gasteiger partial charge is 0.225 e. The molecule has 7 heteroatoms. The number of hydrogen-bond acceptors (Lipinski definition) is 4. The van der Waals surface area contributed by atoms with Crippen molar-refractivity contribution in [1.29, 1.82) is 0 Å². The number of nitrogens with zero attached hydrogens (tertiary/aromatic N) is 1. The van der Waals surface area contributed by atoms with Gasteiger partial charge in [-0.1, -0.05) is 57.5 Å². The van der Waals surface area contributed by atoms with Crippen molar-refractivity contribution < 1.29 is 4.79 Å². The molecule has 0 radical (unpaired) electrons.